The number of hydrogen-bond acceptors (Lipinski definition) is 3. The van der Waals surface area contributed by atoms with Crippen LogP contribution in [0.25, 0.3) is 0 Å². The Kier molecular flexibility index (Phi) is 5.30. The smallest absolute Gasteiger partial charge is 0.237 e. The van der Waals surface area contributed by atoms with E-state index in [4.69, 9.17) is 12.2 Å². The second kappa shape index (κ2) is 6.51. The van der Waals surface area contributed by atoms with Gasteiger partial charge in [0.05, 0.1) is 6.04 Å². The molecule has 16 heavy (non-hydrogen) atoms. The summed E-state index contributed by atoms with van der Waals surface area (Å²) in [6.07, 6.45) is 7.77. The highest BCUT2D eigenvalue weighted by Gasteiger charge is 2.23. The van der Waals surface area contributed by atoms with E-state index in [1.54, 1.807) is 0 Å². The minimum Gasteiger partial charge on any atom is -0.353 e. The van der Waals surface area contributed by atoms with Crippen LogP contribution in [-0.2, 0) is 4.79 Å². The molecule has 0 aromatic carbocycles. The quantitative estimate of drug-likeness (QED) is 0.642. The van der Waals surface area contributed by atoms with Gasteiger partial charge < -0.3 is 11.1 Å². The van der Waals surface area contributed by atoms with Gasteiger partial charge in [0.1, 0.15) is 0 Å². The number of likely N-dealkylation sites (tertiary alicyclic amines) is 1. The van der Waals surface area contributed by atoms with Crippen LogP contribution in [0.15, 0.2) is 0 Å². The van der Waals surface area contributed by atoms with Crippen LogP contribution < -0.4 is 11.1 Å². The average molecular weight is 223 g/mol. The van der Waals surface area contributed by atoms with Crippen LogP contribution in [0.3, 0.4) is 0 Å². The van der Waals surface area contributed by atoms with Crippen molar-refractivity contribution in [2.45, 2.75) is 38.3 Å². The topological polar surface area (TPSA) is 58.4 Å². The molecule has 4 nitrogen and oxygen atoms in total. The third-order valence-corrected chi connectivity index (χ3v) is 3.09. The van der Waals surface area contributed by atoms with E-state index in [2.05, 4.69) is 23.1 Å². The Morgan fingerprint density at radius 3 is 3.12 bits per heavy atom. The molecule has 1 heterocycles. The van der Waals surface area contributed by atoms with Gasteiger partial charge in [-0.05, 0) is 25.9 Å². The van der Waals surface area contributed by atoms with Gasteiger partial charge in [-0.15, -0.1) is 12.3 Å². The summed E-state index contributed by atoms with van der Waals surface area (Å²) in [7, 11) is 0. The Morgan fingerprint density at radius 1 is 1.75 bits per heavy atom. The summed E-state index contributed by atoms with van der Waals surface area (Å²) in [4.78, 5) is 13.9. The molecule has 90 valence electrons. The van der Waals surface area contributed by atoms with Gasteiger partial charge in [-0.25, -0.2) is 0 Å². The molecule has 0 aromatic rings. The van der Waals surface area contributed by atoms with Crippen molar-refractivity contribution in [2.24, 2.45) is 5.73 Å². The van der Waals surface area contributed by atoms with E-state index in [1.165, 1.54) is 6.42 Å². The zero-order chi connectivity index (χ0) is 12.0. The van der Waals surface area contributed by atoms with Gasteiger partial charge in [-0.3, -0.25) is 9.69 Å². The first-order chi connectivity index (χ1) is 7.69. The fourth-order valence-electron chi connectivity index (χ4n) is 2.11. The van der Waals surface area contributed by atoms with Crippen LogP contribution in [0.4, 0.5) is 0 Å². The maximum Gasteiger partial charge on any atom is 0.237 e. The van der Waals surface area contributed by atoms with Crippen LogP contribution in [0.1, 0.15) is 26.2 Å². The molecule has 0 saturated carbocycles. The van der Waals surface area contributed by atoms with Gasteiger partial charge in [0.15, 0.2) is 0 Å². The Labute approximate surface area is 97.6 Å². The lowest BCUT2D eigenvalue weighted by atomic mass is 10.2. The number of rotatable bonds is 5. The summed E-state index contributed by atoms with van der Waals surface area (Å²) in [6.45, 7) is 5.00. The lowest BCUT2D eigenvalue weighted by molar-refractivity contribution is -0.122. The molecular formula is C12H21N3O. The molecule has 2 unspecified atom stereocenters. The molecule has 3 N–H and O–H groups in total. The first kappa shape index (κ1) is 13.0. The predicted molar refractivity (Wildman–Crippen MR) is 64.7 cm³/mol. The van der Waals surface area contributed by atoms with Crippen molar-refractivity contribution in [3.63, 3.8) is 0 Å². The van der Waals surface area contributed by atoms with E-state index in [1.807, 2.05) is 0 Å². The zero-order valence-corrected chi connectivity index (χ0v) is 9.91. The number of nitrogens with one attached hydrogen (secondary N) is 1. The van der Waals surface area contributed by atoms with E-state index >= 15 is 0 Å². The van der Waals surface area contributed by atoms with E-state index in [0.29, 0.717) is 19.0 Å². The molecule has 0 aromatic heterocycles. The third-order valence-electron chi connectivity index (χ3n) is 3.09. The van der Waals surface area contributed by atoms with Crippen molar-refractivity contribution in [1.29, 1.82) is 0 Å². The fraction of sp³-hybridized carbons (Fsp3) is 0.750. The van der Waals surface area contributed by atoms with Gasteiger partial charge in [0, 0.05) is 19.0 Å². The number of amides is 1. The summed E-state index contributed by atoms with van der Waals surface area (Å²) < 4.78 is 0. The number of nitrogens with two attached hydrogens (primary N) is 1. The minimum absolute atomic E-state index is 0.138. The van der Waals surface area contributed by atoms with Crippen LogP contribution in [0.5, 0.6) is 0 Å². The van der Waals surface area contributed by atoms with Crippen molar-refractivity contribution in [3.8, 4) is 12.3 Å². The molecule has 1 rings (SSSR count). The van der Waals surface area contributed by atoms with Crippen LogP contribution in [0, 0.1) is 12.3 Å². The third kappa shape index (κ3) is 3.51. The fourth-order valence-corrected chi connectivity index (χ4v) is 2.11. The first-order valence-corrected chi connectivity index (χ1v) is 5.89. The molecule has 0 bridgehead atoms. The molecule has 1 amide bonds. The monoisotopic (exact) mass is 223 g/mol. The minimum atomic E-state index is -0.568. The zero-order valence-electron chi connectivity index (χ0n) is 9.91. The Morgan fingerprint density at radius 2 is 2.50 bits per heavy atom. The number of likely N-dealkylation sites (N-methyl/N-ethyl adjacent to an activating group) is 1. The van der Waals surface area contributed by atoms with Crippen molar-refractivity contribution >= 4 is 5.91 Å². The molecule has 1 aliphatic rings. The molecule has 0 spiro atoms. The molecule has 1 fully saturated rings. The van der Waals surface area contributed by atoms with E-state index in [0.717, 1.165) is 19.5 Å². The molecule has 0 aliphatic carbocycles. The number of nitrogens with zero attached hydrogens (tertiary/aromatic N) is 1. The number of carbonyl (C=O) groups is 1. The van der Waals surface area contributed by atoms with Gasteiger partial charge >= 0.3 is 0 Å². The summed E-state index contributed by atoms with van der Waals surface area (Å²) in [6, 6.07) is -0.103. The van der Waals surface area contributed by atoms with Crippen molar-refractivity contribution in [3.05, 3.63) is 0 Å². The summed E-state index contributed by atoms with van der Waals surface area (Å²) in [5.41, 5.74) is 5.61. The predicted octanol–water partition coefficient (Wildman–Crippen LogP) is -0.0625. The normalized spacial score (nSPS) is 22.7. The molecule has 1 saturated heterocycles. The van der Waals surface area contributed by atoms with Crippen LogP contribution in [0.2, 0.25) is 0 Å². The second-order valence-corrected chi connectivity index (χ2v) is 4.18. The lowest BCUT2D eigenvalue weighted by Gasteiger charge is -2.23. The van der Waals surface area contributed by atoms with Crippen LogP contribution >= 0.6 is 0 Å². The van der Waals surface area contributed by atoms with Crippen LogP contribution in [-0.4, -0.2) is 42.5 Å². The lowest BCUT2D eigenvalue weighted by Crippen LogP contribution is -2.46. The highest BCUT2D eigenvalue weighted by molar-refractivity contribution is 5.81. The van der Waals surface area contributed by atoms with Gasteiger partial charge in [0.2, 0.25) is 5.91 Å². The van der Waals surface area contributed by atoms with E-state index < -0.39 is 6.04 Å². The summed E-state index contributed by atoms with van der Waals surface area (Å²) in [5, 5.41) is 2.87. The van der Waals surface area contributed by atoms with Gasteiger partial charge in [-0.2, -0.15) is 0 Å². The molecule has 0 radical (unpaired) electrons. The molecular weight excluding hydrogens is 202 g/mol. The molecule has 1 aliphatic heterocycles. The maximum atomic E-state index is 11.5. The highest BCUT2D eigenvalue weighted by Crippen LogP contribution is 2.15. The Hall–Kier alpha value is -1.05. The number of hydrogen-bond donors (Lipinski definition) is 2. The Bertz CT molecular complexity index is 272. The summed E-state index contributed by atoms with van der Waals surface area (Å²) >= 11 is 0. The second-order valence-electron chi connectivity index (χ2n) is 4.18. The van der Waals surface area contributed by atoms with Gasteiger partial charge in [-0.1, -0.05) is 6.92 Å². The molecule has 4 heteroatoms. The van der Waals surface area contributed by atoms with E-state index in [-0.39, 0.29) is 5.91 Å². The SMILES string of the molecule is C#CCC(N)C(=O)NCC1CCCN1CC. The molecule has 2 atom stereocenters. The number of carbonyl (C=O) groups excluding carboxylic acids is 1. The van der Waals surface area contributed by atoms with Gasteiger partial charge in [0.25, 0.3) is 0 Å². The highest BCUT2D eigenvalue weighted by atomic mass is 16.2. The van der Waals surface area contributed by atoms with Crippen molar-refractivity contribution < 1.29 is 4.79 Å². The standard InChI is InChI=1S/C12H21N3O/c1-3-6-11(13)12(16)14-9-10-7-5-8-15(10)4-2/h1,10-11H,4-9,13H2,2H3,(H,14,16). The Balaban J connectivity index is 2.29. The van der Waals surface area contributed by atoms with Crippen molar-refractivity contribution in [2.75, 3.05) is 19.6 Å². The van der Waals surface area contributed by atoms with E-state index in [9.17, 15) is 4.79 Å². The number of terminal acetylenes is 1. The first-order valence-electron chi connectivity index (χ1n) is 5.89. The van der Waals surface area contributed by atoms with Crippen molar-refractivity contribution in [1.82, 2.24) is 10.2 Å². The largest absolute Gasteiger partial charge is 0.353 e. The summed E-state index contributed by atoms with van der Waals surface area (Å²) in [5.74, 6) is 2.26. The average Bonchev–Trinajstić information content (AvgIpc) is 2.73. The maximum absolute atomic E-state index is 11.5.